The van der Waals surface area contributed by atoms with Gasteiger partial charge in [-0.1, -0.05) is 54.1 Å². The standard InChI is InChI=1S/C20H21N3O2/c1-14-3-7-16(8-4-14)17-9-5-15(6-10-17)12-22-20(24)25-19-11-18(21)13-23(19)2/h3-11,13H,12,21H2,1-2H3,(H,22,24). The van der Waals surface area contributed by atoms with E-state index in [4.69, 9.17) is 10.5 Å². The number of ether oxygens (including phenoxy) is 1. The van der Waals surface area contributed by atoms with E-state index in [1.165, 1.54) is 11.1 Å². The molecule has 3 rings (SSSR count). The number of benzene rings is 2. The van der Waals surface area contributed by atoms with Gasteiger partial charge in [0.05, 0.1) is 5.69 Å². The molecule has 2 aromatic carbocycles. The van der Waals surface area contributed by atoms with E-state index in [0.29, 0.717) is 18.1 Å². The van der Waals surface area contributed by atoms with Crippen LogP contribution in [0.3, 0.4) is 0 Å². The van der Waals surface area contributed by atoms with Gasteiger partial charge >= 0.3 is 6.09 Å². The number of anilines is 1. The molecule has 1 amide bonds. The largest absolute Gasteiger partial charge is 0.414 e. The molecule has 3 aromatic rings. The highest BCUT2D eigenvalue weighted by atomic mass is 16.6. The molecule has 0 aliphatic rings. The van der Waals surface area contributed by atoms with Crippen LogP contribution in [0.25, 0.3) is 11.1 Å². The predicted octanol–water partition coefficient (Wildman–Crippen LogP) is 3.87. The molecule has 1 heterocycles. The minimum atomic E-state index is -0.510. The minimum Gasteiger partial charge on any atom is -0.397 e. The number of aryl methyl sites for hydroxylation is 2. The molecule has 1 aromatic heterocycles. The average molecular weight is 335 g/mol. The van der Waals surface area contributed by atoms with Crippen molar-refractivity contribution in [2.24, 2.45) is 7.05 Å². The summed E-state index contributed by atoms with van der Waals surface area (Å²) in [6, 6.07) is 18.1. The maximum atomic E-state index is 11.9. The van der Waals surface area contributed by atoms with Crippen LogP contribution in [-0.4, -0.2) is 10.7 Å². The molecule has 0 saturated carbocycles. The van der Waals surface area contributed by atoms with E-state index >= 15 is 0 Å². The van der Waals surface area contributed by atoms with Crippen LogP contribution in [-0.2, 0) is 13.6 Å². The second-order valence-corrected chi connectivity index (χ2v) is 6.03. The van der Waals surface area contributed by atoms with E-state index in [1.54, 1.807) is 23.9 Å². The summed E-state index contributed by atoms with van der Waals surface area (Å²) in [7, 11) is 1.77. The van der Waals surface area contributed by atoms with Gasteiger partial charge in [0, 0.05) is 25.9 Å². The Bertz CT molecular complexity index is 865. The Labute approximate surface area is 147 Å². The number of carbonyl (C=O) groups is 1. The van der Waals surface area contributed by atoms with Gasteiger partial charge in [-0.25, -0.2) is 4.79 Å². The van der Waals surface area contributed by atoms with Gasteiger partial charge in [0.15, 0.2) is 0 Å². The first-order valence-corrected chi connectivity index (χ1v) is 8.05. The predicted molar refractivity (Wildman–Crippen MR) is 99.3 cm³/mol. The van der Waals surface area contributed by atoms with Crippen molar-refractivity contribution in [2.75, 3.05) is 5.73 Å². The van der Waals surface area contributed by atoms with Gasteiger partial charge in [-0.15, -0.1) is 0 Å². The lowest BCUT2D eigenvalue weighted by Crippen LogP contribution is -2.26. The van der Waals surface area contributed by atoms with Crippen LogP contribution in [0.15, 0.2) is 60.8 Å². The first kappa shape index (κ1) is 16.6. The van der Waals surface area contributed by atoms with Gasteiger partial charge in [0.25, 0.3) is 0 Å². The summed E-state index contributed by atoms with van der Waals surface area (Å²) in [5.41, 5.74) is 10.8. The second-order valence-electron chi connectivity index (χ2n) is 6.03. The van der Waals surface area contributed by atoms with Gasteiger partial charge in [0.1, 0.15) is 0 Å². The van der Waals surface area contributed by atoms with Crippen LogP contribution in [0, 0.1) is 6.92 Å². The van der Waals surface area contributed by atoms with Crippen molar-refractivity contribution in [3.05, 3.63) is 71.9 Å². The summed E-state index contributed by atoms with van der Waals surface area (Å²) in [5.74, 6) is 0.407. The van der Waals surface area contributed by atoms with Crippen LogP contribution < -0.4 is 15.8 Å². The fourth-order valence-electron chi connectivity index (χ4n) is 2.54. The average Bonchev–Trinajstić information content (AvgIpc) is 2.91. The van der Waals surface area contributed by atoms with E-state index in [1.807, 2.05) is 24.3 Å². The number of nitrogens with one attached hydrogen (secondary N) is 1. The SMILES string of the molecule is Cc1ccc(-c2ccc(CNC(=O)Oc3cc(N)cn3C)cc2)cc1. The van der Waals surface area contributed by atoms with Gasteiger partial charge in [0.2, 0.25) is 5.88 Å². The van der Waals surface area contributed by atoms with Gasteiger partial charge in [-0.3, -0.25) is 0 Å². The number of carbonyl (C=O) groups excluding carboxylic acids is 1. The first-order chi connectivity index (χ1) is 12.0. The molecular weight excluding hydrogens is 314 g/mol. The molecule has 0 aliphatic heterocycles. The molecule has 128 valence electrons. The summed E-state index contributed by atoms with van der Waals surface area (Å²) in [4.78, 5) is 11.9. The normalized spacial score (nSPS) is 10.5. The Morgan fingerprint density at radius 2 is 1.68 bits per heavy atom. The van der Waals surface area contributed by atoms with E-state index in [0.717, 1.165) is 11.1 Å². The number of hydrogen-bond acceptors (Lipinski definition) is 3. The van der Waals surface area contributed by atoms with E-state index in [-0.39, 0.29) is 0 Å². The monoisotopic (exact) mass is 335 g/mol. The van der Waals surface area contributed by atoms with Crippen LogP contribution in [0.5, 0.6) is 5.88 Å². The molecule has 0 atom stereocenters. The molecule has 5 nitrogen and oxygen atoms in total. The molecule has 0 unspecified atom stereocenters. The van der Waals surface area contributed by atoms with Crippen molar-refractivity contribution in [1.82, 2.24) is 9.88 Å². The lowest BCUT2D eigenvalue weighted by Gasteiger charge is -2.08. The zero-order valence-electron chi connectivity index (χ0n) is 14.3. The third-order valence-corrected chi connectivity index (χ3v) is 3.95. The number of nitrogen functional groups attached to an aromatic ring is 1. The maximum absolute atomic E-state index is 11.9. The number of nitrogens with zero attached hydrogens (tertiary/aromatic N) is 1. The Kier molecular flexibility index (Phi) is 4.75. The summed E-state index contributed by atoms with van der Waals surface area (Å²) in [5, 5.41) is 2.74. The van der Waals surface area contributed by atoms with Crippen molar-refractivity contribution in [1.29, 1.82) is 0 Å². The van der Waals surface area contributed by atoms with E-state index < -0.39 is 6.09 Å². The zero-order valence-corrected chi connectivity index (χ0v) is 14.3. The van der Waals surface area contributed by atoms with Crippen molar-refractivity contribution in [3.63, 3.8) is 0 Å². The molecule has 0 fully saturated rings. The third-order valence-electron chi connectivity index (χ3n) is 3.95. The van der Waals surface area contributed by atoms with Crippen molar-refractivity contribution < 1.29 is 9.53 Å². The lowest BCUT2D eigenvalue weighted by atomic mass is 10.0. The number of aromatic nitrogens is 1. The zero-order chi connectivity index (χ0) is 17.8. The molecule has 3 N–H and O–H groups in total. The number of hydrogen-bond donors (Lipinski definition) is 2. The summed E-state index contributed by atoms with van der Waals surface area (Å²) in [6.45, 7) is 2.47. The molecular formula is C20H21N3O2. The minimum absolute atomic E-state index is 0.396. The Balaban J connectivity index is 1.57. The fraction of sp³-hybridized carbons (Fsp3) is 0.150. The Morgan fingerprint density at radius 3 is 2.24 bits per heavy atom. The van der Waals surface area contributed by atoms with Crippen LogP contribution in [0.2, 0.25) is 0 Å². The topological polar surface area (TPSA) is 69.3 Å². The van der Waals surface area contributed by atoms with E-state index in [9.17, 15) is 4.79 Å². The van der Waals surface area contributed by atoms with Crippen LogP contribution in [0.4, 0.5) is 10.5 Å². The summed E-state index contributed by atoms with van der Waals surface area (Å²) in [6.07, 6.45) is 1.18. The van der Waals surface area contributed by atoms with Crippen LogP contribution in [0.1, 0.15) is 11.1 Å². The lowest BCUT2D eigenvalue weighted by molar-refractivity contribution is 0.196. The third kappa shape index (κ3) is 4.20. The second kappa shape index (κ2) is 7.13. The molecule has 5 heteroatoms. The van der Waals surface area contributed by atoms with Gasteiger partial charge in [-0.2, -0.15) is 0 Å². The highest BCUT2D eigenvalue weighted by Gasteiger charge is 2.08. The Hall–Kier alpha value is -3.21. The number of nitrogens with two attached hydrogens (primary N) is 1. The fourth-order valence-corrected chi connectivity index (χ4v) is 2.54. The Morgan fingerprint density at radius 1 is 1.08 bits per heavy atom. The van der Waals surface area contributed by atoms with Crippen molar-refractivity contribution in [2.45, 2.75) is 13.5 Å². The molecule has 0 radical (unpaired) electrons. The molecule has 0 bridgehead atoms. The maximum Gasteiger partial charge on any atom is 0.414 e. The molecule has 0 spiro atoms. The first-order valence-electron chi connectivity index (χ1n) is 8.05. The van der Waals surface area contributed by atoms with Crippen molar-refractivity contribution >= 4 is 11.8 Å². The summed E-state index contributed by atoms with van der Waals surface area (Å²) >= 11 is 0. The van der Waals surface area contributed by atoms with E-state index in [2.05, 4.69) is 36.5 Å². The highest BCUT2D eigenvalue weighted by molar-refractivity contribution is 5.70. The van der Waals surface area contributed by atoms with Crippen molar-refractivity contribution in [3.8, 4) is 17.0 Å². The number of rotatable bonds is 4. The highest BCUT2D eigenvalue weighted by Crippen LogP contribution is 2.20. The number of amides is 1. The molecule has 25 heavy (non-hydrogen) atoms. The summed E-state index contributed by atoms with van der Waals surface area (Å²) < 4.78 is 6.88. The van der Waals surface area contributed by atoms with Gasteiger partial charge < -0.3 is 20.4 Å². The molecule has 0 aliphatic carbocycles. The van der Waals surface area contributed by atoms with Crippen LogP contribution >= 0.6 is 0 Å². The quantitative estimate of drug-likeness (QED) is 0.760. The van der Waals surface area contributed by atoms with Gasteiger partial charge in [-0.05, 0) is 23.6 Å². The molecule has 0 saturated heterocycles. The smallest absolute Gasteiger partial charge is 0.397 e.